The van der Waals surface area contributed by atoms with Crippen molar-refractivity contribution in [3.05, 3.63) is 0 Å². The number of hydrogen-bond acceptors (Lipinski definition) is 3. The summed E-state index contributed by atoms with van der Waals surface area (Å²) >= 11 is 0. The summed E-state index contributed by atoms with van der Waals surface area (Å²) in [5.74, 6) is -0.235. The molecule has 0 aromatic heterocycles. The molecule has 2 rings (SSSR count). The molecule has 2 fully saturated rings. The fraction of sp³-hybridized carbons (Fsp3) is 0.833. The molecule has 0 spiro atoms. The zero-order chi connectivity index (χ0) is 12.6. The van der Waals surface area contributed by atoms with Crippen molar-refractivity contribution in [2.75, 3.05) is 19.8 Å². The van der Waals surface area contributed by atoms with E-state index in [0.29, 0.717) is 19.8 Å². The van der Waals surface area contributed by atoms with E-state index in [2.05, 4.69) is 0 Å². The SMILES string of the molecule is CCCN1C(=O)N(C(C)C)C(=O)C2COCC21. The Hall–Kier alpha value is -1.10. The van der Waals surface area contributed by atoms with Crippen molar-refractivity contribution >= 4 is 11.9 Å². The molecule has 0 aromatic carbocycles. The maximum Gasteiger partial charge on any atom is 0.327 e. The Bertz CT molecular complexity index is 330. The summed E-state index contributed by atoms with van der Waals surface area (Å²) in [5.41, 5.74) is 0. The molecule has 0 saturated carbocycles. The molecule has 96 valence electrons. The summed E-state index contributed by atoms with van der Waals surface area (Å²) < 4.78 is 5.37. The third-order valence-corrected chi connectivity index (χ3v) is 3.44. The molecule has 2 saturated heterocycles. The summed E-state index contributed by atoms with van der Waals surface area (Å²) in [7, 11) is 0. The Labute approximate surface area is 102 Å². The third-order valence-electron chi connectivity index (χ3n) is 3.44. The van der Waals surface area contributed by atoms with Crippen LogP contribution in [0.2, 0.25) is 0 Å². The Kier molecular flexibility index (Phi) is 3.38. The first-order valence-electron chi connectivity index (χ1n) is 6.29. The van der Waals surface area contributed by atoms with Crippen LogP contribution in [0.25, 0.3) is 0 Å². The molecule has 2 unspecified atom stereocenters. The lowest BCUT2D eigenvalue weighted by atomic mass is 9.96. The van der Waals surface area contributed by atoms with E-state index >= 15 is 0 Å². The predicted molar refractivity (Wildman–Crippen MR) is 62.5 cm³/mol. The van der Waals surface area contributed by atoms with Crippen molar-refractivity contribution in [3.8, 4) is 0 Å². The number of fused-ring (bicyclic) bond motifs is 1. The lowest BCUT2D eigenvalue weighted by Crippen LogP contribution is -2.63. The molecule has 0 N–H and O–H groups in total. The van der Waals surface area contributed by atoms with Crippen LogP contribution in [0.3, 0.4) is 0 Å². The van der Waals surface area contributed by atoms with E-state index < -0.39 is 0 Å². The second-order valence-corrected chi connectivity index (χ2v) is 4.99. The van der Waals surface area contributed by atoms with Gasteiger partial charge in [0, 0.05) is 12.6 Å². The number of hydrogen-bond donors (Lipinski definition) is 0. The number of ether oxygens (including phenoxy) is 1. The molecule has 2 atom stereocenters. The predicted octanol–water partition coefficient (Wildman–Crippen LogP) is 1.08. The molecule has 0 aliphatic carbocycles. The van der Waals surface area contributed by atoms with Crippen molar-refractivity contribution < 1.29 is 14.3 Å². The Morgan fingerprint density at radius 1 is 1.35 bits per heavy atom. The minimum absolute atomic E-state index is 0.0510. The van der Waals surface area contributed by atoms with Gasteiger partial charge >= 0.3 is 6.03 Å². The first-order valence-corrected chi connectivity index (χ1v) is 6.29. The summed E-state index contributed by atoms with van der Waals surface area (Å²) in [6, 6.07) is -0.292. The van der Waals surface area contributed by atoms with Crippen molar-refractivity contribution in [3.63, 3.8) is 0 Å². The van der Waals surface area contributed by atoms with Crippen LogP contribution in [0.1, 0.15) is 27.2 Å². The quantitative estimate of drug-likeness (QED) is 0.742. The summed E-state index contributed by atoms with van der Waals surface area (Å²) in [6.45, 7) is 7.41. The van der Waals surface area contributed by atoms with E-state index in [1.165, 1.54) is 4.90 Å². The largest absolute Gasteiger partial charge is 0.378 e. The Morgan fingerprint density at radius 2 is 2.06 bits per heavy atom. The summed E-state index contributed by atoms with van der Waals surface area (Å²) in [4.78, 5) is 27.7. The molecule has 0 radical (unpaired) electrons. The maximum absolute atomic E-state index is 12.3. The first-order chi connectivity index (χ1) is 8.07. The van der Waals surface area contributed by atoms with E-state index in [-0.39, 0.29) is 29.9 Å². The molecule has 17 heavy (non-hydrogen) atoms. The van der Waals surface area contributed by atoms with Gasteiger partial charge in [-0.05, 0) is 20.3 Å². The van der Waals surface area contributed by atoms with E-state index in [4.69, 9.17) is 4.74 Å². The van der Waals surface area contributed by atoms with Gasteiger partial charge in [-0.15, -0.1) is 0 Å². The number of urea groups is 1. The number of rotatable bonds is 3. The monoisotopic (exact) mass is 240 g/mol. The molecule has 2 aliphatic rings. The highest BCUT2D eigenvalue weighted by molar-refractivity contribution is 5.99. The van der Waals surface area contributed by atoms with Crippen LogP contribution >= 0.6 is 0 Å². The van der Waals surface area contributed by atoms with Crippen LogP contribution in [0, 0.1) is 5.92 Å². The lowest BCUT2D eigenvalue weighted by Gasteiger charge is -2.42. The normalized spacial score (nSPS) is 29.2. The standard InChI is InChI=1S/C12H20N2O3/c1-4-5-13-10-7-17-6-9(10)11(15)14(8(2)3)12(13)16/h8-10H,4-7H2,1-3H3. The minimum Gasteiger partial charge on any atom is -0.378 e. The van der Waals surface area contributed by atoms with Gasteiger partial charge in [0.15, 0.2) is 0 Å². The van der Waals surface area contributed by atoms with Gasteiger partial charge in [-0.25, -0.2) is 4.79 Å². The van der Waals surface area contributed by atoms with Gasteiger partial charge in [0.2, 0.25) is 5.91 Å². The number of carbonyl (C=O) groups is 2. The molecule has 2 aliphatic heterocycles. The molecular formula is C12H20N2O3. The highest BCUT2D eigenvalue weighted by atomic mass is 16.5. The second-order valence-electron chi connectivity index (χ2n) is 4.99. The molecule has 5 heteroatoms. The van der Waals surface area contributed by atoms with Crippen molar-refractivity contribution in [2.24, 2.45) is 5.92 Å². The van der Waals surface area contributed by atoms with Gasteiger partial charge in [-0.3, -0.25) is 9.69 Å². The van der Waals surface area contributed by atoms with Gasteiger partial charge < -0.3 is 9.64 Å². The van der Waals surface area contributed by atoms with Gasteiger partial charge in [0.1, 0.15) is 0 Å². The number of nitrogens with zero attached hydrogens (tertiary/aromatic N) is 2. The number of amides is 3. The average Bonchev–Trinajstić information content (AvgIpc) is 2.72. The molecule has 3 amide bonds. The zero-order valence-electron chi connectivity index (χ0n) is 10.7. The molecular weight excluding hydrogens is 220 g/mol. The summed E-state index contributed by atoms with van der Waals surface area (Å²) in [5, 5.41) is 0. The van der Waals surface area contributed by atoms with Crippen molar-refractivity contribution in [2.45, 2.75) is 39.3 Å². The van der Waals surface area contributed by atoms with Crippen LogP contribution in [-0.4, -0.2) is 53.6 Å². The highest BCUT2D eigenvalue weighted by Crippen LogP contribution is 2.29. The maximum atomic E-state index is 12.3. The Morgan fingerprint density at radius 3 is 2.65 bits per heavy atom. The van der Waals surface area contributed by atoms with E-state index in [1.54, 1.807) is 4.90 Å². The first kappa shape index (κ1) is 12.4. The highest BCUT2D eigenvalue weighted by Gasteiger charge is 2.49. The molecule has 2 heterocycles. The Balaban J connectivity index is 2.28. The van der Waals surface area contributed by atoms with Crippen LogP contribution in [-0.2, 0) is 9.53 Å². The zero-order valence-corrected chi connectivity index (χ0v) is 10.7. The molecule has 5 nitrogen and oxygen atoms in total. The van der Waals surface area contributed by atoms with Crippen molar-refractivity contribution in [1.29, 1.82) is 0 Å². The fourth-order valence-electron chi connectivity index (χ4n) is 2.62. The van der Waals surface area contributed by atoms with Crippen LogP contribution in [0.4, 0.5) is 4.79 Å². The topological polar surface area (TPSA) is 49.9 Å². The van der Waals surface area contributed by atoms with Crippen LogP contribution in [0.5, 0.6) is 0 Å². The molecule has 0 bridgehead atoms. The van der Waals surface area contributed by atoms with E-state index in [9.17, 15) is 9.59 Å². The number of imide groups is 1. The van der Waals surface area contributed by atoms with Gasteiger partial charge in [0.05, 0.1) is 25.2 Å². The van der Waals surface area contributed by atoms with E-state index in [0.717, 1.165) is 6.42 Å². The summed E-state index contributed by atoms with van der Waals surface area (Å²) in [6.07, 6.45) is 0.898. The van der Waals surface area contributed by atoms with Crippen LogP contribution in [0.15, 0.2) is 0 Å². The average molecular weight is 240 g/mol. The second kappa shape index (κ2) is 4.64. The lowest BCUT2D eigenvalue weighted by molar-refractivity contribution is -0.138. The minimum atomic E-state index is -0.165. The molecule has 0 aromatic rings. The smallest absolute Gasteiger partial charge is 0.327 e. The van der Waals surface area contributed by atoms with Crippen LogP contribution < -0.4 is 0 Å². The van der Waals surface area contributed by atoms with Gasteiger partial charge in [-0.2, -0.15) is 0 Å². The third kappa shape index (κ3) is 1.92. The van der Waals surface area contributed by atoms with Gasteiger partial charge in [-0.1, -0.05) is 6.92 Å². The van der Waals surface area contributed by atoms with Gasteiger partial charge in [0.25, 0.3) is 0 Å². The van der Waals surface area contributed by atoms with Crippen molar-refractivity contribution in [1.82, 2.24) is 9.80 Å². The number of carbonyl (C=O) groups excluding carboxylic acids is 2. The fourth-order valence-corrected chi connectivity index (χ4v) is 2.62. The van der Waals surface area contributed by atoms with E-state index in [1.807, 2.05) is 20.8 Å².